The number of nitrogens with zero attached hydrogens (tertiary/aromatic N) is 3. The highest BCUT2D eigenvalue weighted by Gasteiger charge is 2.23. The Labute approximate surface area is 164 Å². The van der Waals surface area contributed by atoms with Gasteiger partial charge in [0.05, 0.1) is 19.1 Å². The predicted octanol–water partition coefficient (Wildman–Crippen LogP) is 3.08. The number of benzene rings is 2. The molecule has 6 heteroatoms. The van der Waals surface area contributed by atoms with Crippen LogP contribution in [0, 0.1) is 0 Å². The van der Waals surface area contributed by atoms with E-state index in [0.717, 1.165) is 30.0 Å². The Morgan fingerprint density at radius 3 is 2.00 bits per heavy atom. The van der Waals surface area contributed by atoms with Crippen molar-refractivity contribution in [1.29, 1.82) is 0 Å². The molecule has 0 unspecified atom stereocenters. The fraction of sp³-hybridized carbons (Fsp3) is 0.227. The molecule has 1 saturated heterocycles. The summed E-state index contributed by atoms with van der Waals surface area (Å²) < 4.78 is 5.36. The van der Waals surface area contributed by atoms with Crippen LogP contribution >= 0.6 is 0 Å². The first-order valence-corrected chi connectivity index (χ1v) is 9.38. The summed E-state index contributed by atoms with van der Waals surface area (Å²) in [5.74, 6) is 0.691. The van der Waals surface area contributed by atoms with Crippen LogP contribution in [0.1, 0.15) is 17.0 Å². The third-order valence-corrected chi connectivity index (χ3v) is 4.76. The average molecular weight is 374 g/mol. The lowest BCUT2D eigenvalue weighted by molar-refractivity contribution is -0.116. The molecule has 0 atom stereocenters. The highest BCUT2D eigenvalue weighted by Crippen LogP contribution is 2.26. The molecule has 6 nitrogen and oxygen atoms in total. The summed E-state index contributed by atoms with van der Waals surface area (Å²) in [5.41, 5.74) is 1.87. The maximum absolute atomic E-state index is 13.1. The number of aromatic nitrogens is 2. The van der Waals surface area contributed by atoms with E-state index in [1.54, 1.807) is 6.07 Å². The van der Waals surface area contributed by atoms with Crippen molar-refractivity contribution in [3.63, 3.8) is 0 Å². The first-order chi connectivity index (χ1) is 13.8. The number of nitrogens with one attached hydrogen (secondary N) is 1. The van der Waals surface area contributed by atoms with E-state index in [-0.39, 0.29) is 5.91 Å². The van der Waals surface area contributed by atoms with Crippen LogP contribution in [0.2, 0.25) is 0 Å². The van der Waals surface area contributed by atoms with Crippen LogP contribution in [0.15, 0.2) is 72.8 Å². The summed E-state index contributed by atoms with van der Waals surface area (Å²) >= 11 is 0. The van der Waals surface area contributed by atoms with Crippen LogP contribution in [-0.2, 0) is 9.53 Å². The van der Waals surface area contributed by atoms with Crippen molar-refractivity contribution in [3.8, 4) is 0 Å². The van der Waals surface area contributed by atoms with Gasteiger partial charge in [0.2, 0.25) is 5.91 Å². The van der Waals surface area contributed by atoms with Crippen molar-refractivity contribution in [2.45, 2.75) is 5.92 Å². The van der Waals surface area contributed by atoms with Gasteiger partial charge < -0.3 is 15.0 Å². The molecule has 1 amide bonds. The molecule has 4 rings (SSSR count). The van der Waals surface area contributed by atoms with Crippen molar-refractivity contribution >= 4 is 17.5 Å². The van der Waals surface area contributed by atoms with Gasteiger partial charge in [-0.2, -0.15) is 0 Å². The fourth-order valence-electron chi connectivity index (χ4n) is 3.34. The van der Waals surface area contributed by atoms with E-state index in [1.165, 1.54) is 0 Å². The number of carbonyl (C=O) groups is 1. The van der Waals surface area contributed by atoms with Crippen LogP contribution in [-0.4, -0.2) is 42.4 Å². The second-order valence-electron chi connectivity index (χ2n) is 6.62. The number of carbonyl (C=O) groups excluding carboxylic acids is 1. The highest BCUT2D eigenvalue weighted by molar-refractivity contribution is 5.97. The van der Waals surface area contributed by atoms with Crippen molar-refractivity contribution in [2.75, 3.05) is 36.5 Å². The minimum Gasteiger partial charge on any atom is -0.378 e. The van der Waals surface area contributed by atoms with Gasteiger partial charge in [-0.05, 0) is 23.3 Å². The summed E-state index contributed by atoms with van der Waals surface area (Å²) in [5, 5.41) is 11.4. The molecular weight excluding hydrogens is 352 g/mol. The molecule has 0 spiro atoms. The van der Waals surface area contributed by atoms with Crippen molar-refractivity contribution < 1.29 is 9.53 Å². The van der Waals surface area contributed by atoms with Gasteiger partial charge in [-0.25, -0.2) is 0 Å². The standard InChI is InChI=1S/C22H22N4O2/c27-22(21(17-7-3-1-4-8-17)18-9-5-2-6-10-18)23-19-11-12-20(25-24-19)26-13-15-28-16-14-26/h1-12,21H,13-16H2,(H,23,24,27). The van der Waals surface area contributed by atoms with Gasteiger partial charge in [0.1, 0.15) is 0 Å². The fourth-order valence-corrected chi connectivity index (χ4v) is 3.34. The second-order valence-corrected chi connectivity index (χ2v) is 6.62. The molecule has 0 saturated carbocycles. The van der Waals surface area contributed by atoms with Gasteiger partial charge in [-0.1, -0.05) is 60.7 Å². The average Bonchev–Trinajstić information content (AvgIpc) is 2.77. The van der Waals surface area contributed by atoms with E-state index >= 15 is 0 Å². The van der Waals surface area contributed by atoms with E-state index in [0.29, 0.717) is 19.0 Å². The largest absolute Gasteiger partial charge is 0.378 e. The second kappa shape index (κ2) is 8.63. The number of hydrogen-bond donors (Lipinski definition) is 1. The molecule has 1 aromatic heterocycles. The Balaban J connectivity index is 1.53. The van der Waals surface area contributed by atoms with Crippen LogP contribution in [0.3, 0.4) is 0 Å². The van der Waals surface area contributed by atoms with Gasteiger partial charge in [-0.3, -0.25) is 4.79 Å². The smallest absolute Gasteiger partial charge is 0.237 e. The third-order valence-electron chi connectivity index (χ3n) is 4.76. The summed E-state index contributed by atoms with van der Waals surface area (Å²) in [4.78, 5) is 15.2. The Kier molecular flexibility index (Phi) is 5.58. The van der Waals surface area contributed by atoms with Crippen LogP contribution in [0.4, 0.5) is 11.6 Å². The van der Waals surface area contributed by atoms with Crippen molar-refractivity contribution in [1.82, 2.24) is 10.2 Å². The summed E-state index contributed by atoms with van der Waals surface area (Å²) in [7, 11) is 0. The summed E-state index contributed by atoms with van der Waals surface area (Å²) in [6.07, 6.45) is 0. The maximum Gasteiger partial charge on any atom is 0.237 e. The molecule has 3 aromatic rings. The SMILES string of the molecule is O=C(Nc1ccc(N2CCOCC2)nn1)C(c1ccccc1)c1ccccc1. The maximum atomic E-state index is 13.1. The van der Waals surface area contributed by atoms with Crippen molar-refractivity contribution in [2.24, 2.45) is 0 Å². The molecule has 0 radical (unpaired) electrons. The molecule has 142 valence electrons. The minimum atomic E-state index is -0.414. The molecule has 1 aliphatic heterocycles. The molecule has 0 bridgehead atoms. The quantitative estimate of drug-likeness (QED) is 0.743. The van der Waals surface area contributed by atoms with Gasteiger partial charge in [-0.15, -0.1) is 10.2 Å². The lowest BCUT2D eigenvalue weighted by Crippen LogP contribution is -2.36. The Bertz CT molecular complexity index is 855. The van der Waals surface area contributed by atoms with Crippen molar-refractivity contribution in [3.05, 3.63) is 83.9 Å². The molecular formula is C22H22N4O2. The molecule has 0 aliphatic carbocycles. The van der Waals surface area contributed by atoms with E-state index < -0.39 is 5.92 Å². The lowest BCUT2D eigenvalue weighted by Gasteiger charge is -2.27. The first-order valence-electron chi connectivity index (χ1n) is 9.38. The van der Waals surface area contributed by atoms with E-state index in [2.05, 4.69) is 20.4 Å². The lowest BCUT2D eigenvalue weighted by atomic mass is 9.90. The third kappa shape index (κ3) is 4.18. The molecule has 1 aliphatic rings. The first kappa shape index (κ1) is 18.1. The number of ether oxygens (including phenoxy) is 1. The number of anilines is 2. The Hall–Kier alpha value is -3.25. The van der Waals surface area contributed by atoms with Gasteiger partial charge >= 0.3 is 0 Å². The van der Waals surface area contributed by atoms with Crippen LogP contribution in [0.5, 0.6) is 0 Å². The van der Waals surface area contributed by atoms with Gasteiger partial charge in [0, 0.05) is 13.1 Å². The number of rotatable bonds is 5. The normalized spacial score (nSPS) is 14.1. The van der Waals surface area contributed by atoms with Gasteiger partial charge in [0.15, 0.2) is 11.6 Å². The number of hydrogen-bond acceptors (Lipinski definition) is 5. The van der Waals surface area contributed by atoms with Gasteiger partial charge in [0.25, 0.3) is 0 Å². The Morgan fingerprint density at radius 1 is 0.857 bits per heavy atom. The molecule has 1 fully saturated rings. The molecule has 28 heavy (non-hydrogen) atoms. The predicted molar refractivity (Wildman–Crippen MR) is 108 cm³/mol. The van der Waals surface area contributed by atoms with Crippen LogP contribution in [0.25, 0.3) is 0 Å². The topological polar surface area (TPSA) is 67.4 Å². The van der Waals surface area contributed by atoms with E-state index in [4.69, 9.17) is 4.74 Å². The summed E-state index contributed by atoms with van der Waals surface area (Å²) in [6.45, 7) is 2.97. The Morgan fingerprint density at radius 2 is 1.46 bits per heavy atom. The van der Waals surface area contributed by atoms with Crippen LogP contribution < -0.4 is 10.2 Å². The molecule has 2 aromatic carbocycles. The zero-order valence-electron chi connectivity index (χ0n) is 15.5. The summed E-state index contributed by atoms with van der Waals surface area (Å²) in [6, 6.07) is 23.2. The van der Waals surface area contributed by atoms with E-state index in [1.807, 2.05) is 66.7 Å². The number of amides is 1. The monoisotopic (exact) mass is 374 g/mol. The zero-order valence-corrected chi connectivity index (χ0v) is 15.5. The van der Waals surface area contributed by atoms with E-state index in [9.17, 15) is 4.79 Å². The number of morpholine rings is 1. The molecule has 1 N–H and O–H groups in total. The zero-order chi connectivity index (χ0) is 19.2. The highest BCUT2D eigenvalue weighted by atomic mass is 16.5. The minimum absolute atomic E-state index is 0.133. The molecule has 2 heterocycles.